The highest BCUT2D eigenvalue weighted by Gasteiger charge is 2.17. The maximum Gasteiger partial charge on any atom is 0.306 e. The first kappa shape index (κ1) is 44.9. The van der Waals surface area contributed by atoms with Gasteiger partial charge in [0.15, 0.2) is 6.10 Å². The minimum atomic E-state index is -0.518. The molecule has 5 heteroatoms. The van der Waals surface area contributed by atoms with Gasteiger partial charge in [0.05, 0.1) is 6.61 Å². The van der Waals surface area contributed by atoms with E-state index in [-0.39, 0.29) is 18.5 Å². The number of ether oxygens (including phenoxy) is 3. The Hall–Kier alpha value is -1.10. The topological polar surface area (TPSA) is 61.8 Å². The molecule has 0 amide bonds. The molecule has 0 aromatic heterocycles. The van der Waals surface area contributed by atoms with Crippen molar-refractivity contribution in [3.05, 3.63) is 0 Å². The van der Waals surface area contributed by atoms with Crippen molar-refractivity contribution in [2.24, 2.45) is 0 Å². The lowest BCUT2D eigenvalue weighted by Gasteiger charge is -2.18. The Morgan fingerprint density at radius 3 is 1.11 bits per heavy atom. The van der Waals surface area contributed by atoms with Crippen molar-refractivity contribution >= 4 is 11.9 Å². The van der Waals surface area contributed by atoms with Gasteiger partial charge in [0.1, 0.15) is 6.61 Å². The van der Waals surface area contributed by atoms with E-state index >= 15 is 0 Å². The van der Waals surface area contributed by atoms with Crippen LogP contribution in [0.3, 0.4) is 0 Å². The highest BCUT2D eigenvalue weighted by molar-refractivity contribution is 5.70. The van der Waals surface area contributed by atoms with Crippen molar-refractivity contribution in [2.45, 2.75) is 232 Å². The largest absolute Gasteiger partial charge is 0.462 e. The summed E-state index contributed by atoms with van der Waals surface area (Å²) in [7, 11) is 0. The van der Waals surface area contributed by atoms with Gasteiger partial charge in [-0.3, -0.25) is 9.59 Å². The van der Waals surface area contributed by atoms with Crippen LogP contribution in [0.4, 0.5) is 0 Å². The Balaban J connectivity index is 4.14. The molecule has 0 aromatic carbocycles. The molecule has 0 radical (unpaired) electrons. The molecule has 0 heterocycles. The Kier molecular flexibility index (Phi) is 37.4. The van der Waals surface area contributed by atoms with Gasteiger partial charge in [0.2, 0.25) is 0 Å². The Morgan fingerprint density at radius 2 is 0.717 bits per heavy atom. The Bertz CT molecular complexity index is 622. The van der Waals surface area contributed by atoms with E-state index in [1.54, 1.807) is 0 Å². The van der Waals surface area contributed by atoms with Crippen molar-refractivity contribution in [1.82, 2.24) is 0 Å². The van der Waals surface area contributed by atoms with Crippen LogP contribution < -0.4 is 0 Å². The third-order valence-corrected chi connectivity index (χ3v) is 9.14. The molecule has 0 aromatic rings. The summed E-state index contributed by atoms with van der Waals surface area (Å²) in [6.07, 6.45) is 38.1. The third kappa shape index (κ3) is 35.7. The van der Waals surface area contributed by atoms with E-state index in [0.29, 0.717) is 26.1 Å². The number of hydrogen-bond donors (Lipinski definition) is 0. The summed E-state index contributed by atoms with van der Waals surface area (Å²) >= 11 is 0. The van der Waals surface area contributed by atoms with Crippen molar-refractivity contribution in [1.29, 1.82) is 0 Å². The van der Waals surface area contributed by atoms with Crippen molar-refractivity contribution in [2.75, 3.05) is 19.8 Å². The summed E-state index contributed by atoms with van der Waals surface area (Å²) in [4.78, 5) is 25.0. The summed E-state index contributed by atoms with van der Waals surface area (Å²) in [5.74, 6) is -0.390. The third-order valence-electron chi connectivity index (χ3n) is 9.14. The Labute approximate surface area is 287 Å². The normalized spacial score (nSPS) is 12.0. The van der Waals surface area contributed by atoms with Gasteiger partial charge in [-0.2, -0.15) is 0 Å². The number of esters is 2. The van der Waals surface area contributed by atoms with Crippen LogP contribution in [0.25, 0.3) is 0 Å². The highest BCUT2D eigenvalue weighted by Crippen LogP contribution is 2.14. The molecule has 0 rings (SSSR count). The van der Waals surface area contributed by atoms with E-state index in [1.165, 1.54) is 161 Å². The molecule has 0 spiro atoms. The molecule has 0 saturated carbocycles. The molecule has 0 aliphatic rings. The van der Waals surface area contributed by atoms with E-state index in [9.17, 15) is 9.59 Å². The zero-order chi connectivity index (χ0) is 33.6. The van der Waals surface area contributed by atoms with Gasteiger partial charge >= 0.3 is 11.9 Å². The van der Waals surface area contributed by atoms with Crippen LogP contribution in [0.5, 0.6) is 0 Å². The number of carbonyl (C=O) groups excluding carboxylic acids is 2. The van der Waals surface area contributed by atoms with Crippen molar-refractivity contribution < 1.29 is 23.8 Å². The minimum absolute atomic E-state index is 0.0953. The second-order valence-corrected chi connectivity index (χ2v) is 13.9. The van der Waals surface area contributed by atoms with Gasteiger partial charge in [-0.15, -0.1) is 0 Å². The van der Waals surface area contributed by atoms with E-state index in [2.05, 4.69) is 20.8 Å². The first-order valence-corrected chi connectivity index (χ1v) is 20.6. The van der Waals surface area contributed by atoms with Crippen LogP contribution >= 0.6 is 0 Å². The van der Waals surface area contributed by atoms with Crippen LogP contribution in [0.2, 0.25) is 0 Å². The van der Waals surface area contributed by atoms with Crippen LogP contribution in [-0.4, -0.2) is 37.9 Å². The summed E-state index contributed by atoms with van der Waals surface area (Å²) in [6.45, 7) is 7.82. The summed E-state index contributed by atoms with van der Waals surface area (Å²) in [6, 6.07) is 0. The molecule has 1 atom stereocenters. The lowest BCUT2D eigenvalue weighted by atomic mass is 10.1. The van der Waals surface area contributed by atoms with E-state index in [1.807, 2.05) is 0 Å². The molecule has 0 aliphatic carbocycles. The highest BCUT2D eigenvalue weighted by atomic mass is 16.6. The summed E-state index contributed by atoms with van der Waals surface area (Å²) in [5.41, 5.74) is 0. The van der Waals surface area contributed by atoms with Crippen molar-refractivity contribution in [3.63, 3.8) is 0 Å². The number of unbranched alkanes of at least 4 members (excludes halogenated alkanes) is 27. The molecule has 0 bridgehead atoms. The monoisotopic (exact) mass is 653 g/mol. The fourth-order valence-electron chi connectivity index (χ4n) is 6.04. The second-order valence-electron chi connectivity index (χ2n) is 13.9. The predicted molar refractivity (Wildman–Crippen MR) is 196 cm³/mol. The van der Waals surface area contributed by atoms with Gasteiger partial charge in [-0.1, -0.05) is 194 Å². The smallest absolute Gasteiger partial charge is 0.306 e. The standard InChI is InChI=1S/C41H80O5/c1-4-7-10-13-16-18-20-22-24-27-30-33-36-44-37-39(46-41(43)35-32-29-25-15-12-9-6-3)38-45-40(42)34-31-28-26-23-21-19-17-14-11-8-5-2/h39H,4-38H2,1-3H3. The van der Waals surface area contributed by atoms with Gasteiger partial charge in [0.25, 0.3) is 0 Å². The molecule has 46 heavy (non-hydrogen) atoms. The lowest BCUT2D eigenvalue weighted by molar-refractivity contribution is -0.163. The zero-order valence-corrected chi connectivity index (χ0v) is 31.4. The second kappa shape index (κ2) is 38.3. The first-order valence-electron chi connectivity index (χ1n) is 20.6. The van der Waals surface area contributed by atoms with Gasteiger partial charge in [0, 0.05) is 19.4 Å². The van der Waals surface area contributed by atoms with Gasteiger partial charge in [-0.25, -0.2) is 0 Å². The maximum absolute atomic E-state index is 12.5. The summed E-state index contributed by atoms with van der Waals surface area (Å²) < 4.78 is 17.2. The van der Waals surface area contributed by atoms with E-state index in [0.717, 1.165) is 32.1 Å². The molecule has 274 valence electrons. The molecule has 0 N–H and O–H groups in total. The SMILES string of the molecule is CCCCCCCCCCCCCCOCC(COC(=O)CCCCCCCCCCCCC)OC(=O)CCCCCCCCC. The number of hydrogen-bond acceptors (Lipinski definition) is 5. The lowest BCUT2D eigenvalue weighted by Crippen LogP contribution is -2.30. The van der Waals surface area contributed by atoms with Gasteiger partial charge < -0.3 is 14.2 Å². The summed E-state index contributed by atoms with van der Waals surface area (Å²) in [5, 5.41) is 0. The average Bonchev–Trinajstić information content (AvgIpc) is 3.05. The molecule has 0 aliphatic heterocycles. The molecular formula is C41H80O5. The first-order chi connectivity index (χ1) is 22.6. The van der Waals surface area contributed by atoms with Gasteiger partial charge in [-0.05, 0) is 19.3 Å². The van der Waals surface area contributed by atoms with Crippen LogP contribution in [0.1, 0.15) is 226 Å². The Morgan fingerprint density at radius 1 is 0.391 bits per heavy atom. The molecule has 0 fully saturated rings. The molecule has 0 saturated heterocycles. The maximum atomic E-state index is 12.5. The average molecular weight is 653 g/mol. The van der Waals surface area contributed by atoms with Crippen molar-refractivity contribution in [3.8, 4) is 0 Å². The zero-order valence-electron chi connectivity index (χ0n) is 31.4. The number of rotatable bonds is 38. The fourth-order valence-corrected chi connectivity index (χ4v) is 6.04. The van der Waals surface area contributed by atoms with Crippen LogP contribution in [-0.2, 0) is 23.8 Å². The van der Waals surface area contributed by atoms with Crippen LogP contribution in [0, 0.1) is 0 Å². The minimum Gasteiger partial charge on any atom is -0.462 e. The quantitative estimate of drug-likeness (QED) is 0.0490. The predicted octanol–water partition coefficient (Wildman–Crippen LogP) is 13.0. The van der Waals surface area contributed by atoms with E-state index in [4.69, 9.17) is 14.2 Å². The molecule has 1 unspecified atom stereocenters. The number of carbonyl (C=O) groups is 2. The fraction of sp³-hybridized carbons (Fsp3) is 0.951. The molecule has 5 nitrogen and oxygen atoms in total. The van der Waals surface area contributed by atoms with Crippen LogP contribution in [0.15, 0.2) is 0 Å². The van der Waals surface area contributed by atoms with E-state index < -0.39 is 6.10 Å². The molecular weight excluding hydrogens is 572 g/mol.